The van der Waals surface area contributed by atoms with Gasteiger partial charge < -0.3 is 9.72 Å². The van der Waals surface area contributed by atoms with Crippen molar-refractivity contribution in [3.05, 3.63) is 50.0 Å². The van der Waals surface area contributed by atoms with Crippen LogP contribution in [0.4, 0.5) is 0 Å². The number of halogens is 3. The number of benzene rings is 2. The lowest BCUT2D eigenvalue weighted by atomic mass is 10.1. The number of hydrogen-bond donors (Lipinski definition) is 1. The van der Waals surface area contributed by atoms with E-state index in [1.807, 2.05) is 18.2 Å². The van der Waals surface area contributed by atoms with Crippen LogP contribution in [0.2, 0.25) is 5.02 Å². The number of fused-ring (bicyclic) bond motifs is 5. The molecule has 0 radical (unpaired) electrons. The normalized spacial score (nSPS) is 11.5. The smallest absolute Gasteiger partial charge is 0.341 e. The van der Waals surface area contributed by atoms with Gasteiger partial charge in [-0.15, -0.1) is 0 Å². The fourth-order valence-electron chi connectivity index (χ4n) is 2.97. The zero-order valence-electron chi connectivity index (χ0n) is 13.0. The second-order valence-corrected chi connectivity index (χ2v) is 7.67. The summed E-state index contributed by atoms with van der Waals surface area (Å²) in [7, 11) is 0. The van der Waals surface area contributed by atoms with Gasteiger partial charge in [0.2, 0.25) is 0 Å². The zero-order valence-corrected chi connectivity index (χ0v) is 16.9. The molecule has 0 fully saturated rings. The first-order valence-corrected chi connectivity index (χ1v) is 9.52. The van der Waals surface area contributed by atoms with Crippen LogP contribution in [0.5, 0.6) is 0 Å². The van der Waals surface area contributed by atoms with Gasteiger partial charge in [0, 0.05) is 36.8 Å². The van der Waals surface area contributed by atoms with Crippen molar-refractivity contribution in [2.45, 2.75) is 6.92 Å². The van der Waals surface area contributed by atoms with Crippen molar-refractivity contribution < 1.29 is 9.53 Å². The number of ether oxygens (including phenoxy) is 1. The maximum Gasteiger partial charge on any atom is 0.341 e. The number of aromatic nitrogens is 2. The molecular formula is C18H11Br2ClN2O2. The third kappa shape index (κ3) is 2.63. The number of carbonyl (C=O) groups is 1. The molecule has 2 heterocycles. The summed E-state index contributed by atoms with van der Waals surface area (Å²) in [5.74, 6) is -0.477. The van der Waals surface area contributed by atoms with Gasteiger partial charge in [0.1, 0.15) is 0 Å². The Morgan fingerprint density at radius 2 is 2.08 bits per heavy atom. The molecule has 0 spiro atoms. The number of nitrogens with zero attached hydrogens (tertiary/aromatic N) is 1. The average molecular weight is 483 g/mol. The van der Waals surface area contributed by atoms with Crippen LogP contribution in [0.25, 0.3) is 32.7 Å². The average Bonchev–Trinajstić information content (AvgIpc) is 2.93. The molecule has 1 N–H and O–H groups in total. The van der Waals surface area contributed by atoms with Gasteiger partial charge in [0.15, 0.2) is 0 Å². The van der Waals surface area contributed by atoms with Crippen LogP contribution in [0.1, 0.15) is 17.3 Å². The molecule has 0 saturated heterocycles. The highest BCUT2D eigenvalue weighted by Gasteiger charge is 2.20. The van der Waals surface area contributed by atoms with E-state index in [-0.39, 0.29) is 12.2 Å². The molecule has 2 aromatic carbocycles. The van der Waals surface area contributed by atoms with Crippen molar-refractivity contribution in [1.29, 1.82) is 0 Å². The quantitative estimate of drug-likeness (QED) is 0.345. The Labute approximate surface area is 164 Å². The second-order valence-electron chi connectivity index (χ2n) is 5.53. The van der Waals surface area contributed by atoms with Crippen molar-refractivity contribution in [2.24, 2.45) is 0 Å². The van der Waals surface area contributed by atoms with Gasteiger partial charge in [-0.2, -0.15) is 0 Å². The Morgan fingerprint density at radius 3 is 2.84 bits per heavy atom. The van der Waals surface area contributed by atoms with Crippen LogP contribution in [0.3, 0.4) is 0 Å². The van der Waals surface area contributed by atoms with E-state index in [9.17, 15) is 4.79 Å². The van der Waals surface area contributed by atoms with Crippen molar-refractivity contribution in [3.8, 4) is 0 Å². The molecule has 4 nitrogen and oxygen atoms in total. The van der Waals surface area contributed by atoms with E-state index in [0.717, 1.165) is 30.8 Å². The molecule has 2 aromatic heterocycles. The van der Waals surface area contributed by atoms with Crippen molar-refractivity contribution >= 4 is 82.1 Å². The van der Waals surface area contributed by atoms with Gasteiger partial charge >= 0.3 is 5.97 Å². The van der Waals surface area contributed by atoms with Crippen molar-refractivity contribution in [1.82, 2.24) is 9.97 Å². The van der Waals surface area contributed by atoms with Crippen LogP contribution in [0, 0.1) is 0 Å². The number of hydrogen-bond acceptors (Lipinski definition) is 3. The highest BCUT2D eigenvalue weighted by atomic mass is 79.9. The molecule has 126 valence electrons. The van der Waals surface area contributed by atoms with Gasteiger partial charge in [-0.1, -0.05) is 43.5 Å². The molecular weight excluding hydrogens is 471 g/mol. The van der Waals surface area contributed by atoms with Crippen LogP contribution >= 0.6 is 43.5 Å². The Balaban J connectivity index is 2.10. The van der Waals surface area contributed by atoms with E-state index in [4.69, 9.17) is 16.3 Å². The molecule has 0 unspecified atom stereocenters. The molecule has 0 saturated carbocycles. The molecule has 0 aliphatic rings. The van der Waals surface area contributed by atoms with E-state index in [2.05, 4.69) is 47.9 Å². The highest BCUT2D eigenvalue weighted by Crippen LogP contribution is 2.39. The molecule has 0 amide bonds. The number of carbonyl (C=O) groups excluding carboxylic acids is 1. The Bertz CT molecular complexity index is 1170. The Morgan fingerprint density at radius 1 is 1.28 bits per heavy atom. The van der Waals surface area contributed by atoms with Crippen LogP contribution in [-0.2, 0) is 4.74 Å². The summed E-state index contributed by atoms with van der Waals surface area (Å²) in [6.45, 7) is 2.03. The minimum absolute atomic E-state index is 0.259. The van der Waals surface area contributed by atoms with Crippen LogP contribution in [-0.4, -0.2) is 22.5 Å². The van der Waals surface area contributed by atoms with Gasteiger partial charge in [0.05, 0.1) is 28.2 Å². The number of rotatable bonds is 2. The van der Waals surface area contributed by atoms with E-state index in [0.29, 0.717) is 15.9 Å². The first-order valence-electron chi connectivity index (χ1n) is 7.56. The maximum atomic E-state index is 12.1. The van der Waals surface area contributed by atoms with Gasteiger partial charge in [-0.05, 0) is 31.2 Å². The molecule has 7 heteroatoms. The monoisotopic (exact) mass is 480 g/mol. The number of H-pyrrole nitrogens is 1. The lowest BCUT2D eigenvalue weighted by Gasteiger charge is -2.09. The fourth-order valence-corrected chi connectivity index (χ4v) is 4.38. The maximum absolute atomic E-state index is 12.1. The first-order chi connectivity index (χ1) is 12.0. The number of pyridine rings is 1. The summed E-state index contributed by atoms with van der Waals surface area (Å²) >= 11 is 13.6. The van der Waals surface area contributed by atoms with E-state index >= 15 is 0 Å². The molecule has 0 atom stereocenters. The summed E-state index contributed by atoms with van der Waals surface area (Å²) in [5.41, 5.74) is 2.85. The molecule has 25 heavy (non-hydrogen) atoms. The predicted octanol–water partition coefficient (Wildman–Crippen LogP) is 6.22. The number of aromatic amines is 1. The Hall–Kier alpha value is -1.63. The van der Waals surface area contributed by atoms with Crippen LogP contribution in [0.15, 0.2) is 39.4 Å². The van der Waals surface area contributed by atoms with Gasteiger partial charge in [-0.3, -0.25) is 4.98 Å². The lowest BCUT2D eigenvalue weighted by Crippen LogP contribution is -2.06. The SMILES string of the molecule is CCOC(=O)c1cnc2c(c(Br)cc3c4cc(Br)ccc4[nH]c32)c1Cl. The van der Waals surface area contributed by atoms with E-state index < -0.39 is 5.97 Å². The summed E-state index contributed by atoms with van der Waals surface area (Å²) in [5, 5.41) is 3.13. The number of nitrogens with one attached hydrogen (secondary N) is 1. The molecule has 4 aromatic rings. The van der Waals surface area contributed by atoms with Crippen LogP contribution < -0.4 is 0 Å². The van der Waals surface area contributed by atoms with E-state index in [1.54, 1.807) is 6.92 Å². The molecule has 0 aliphatic carbocycles. The minimum Gasteiger partial charge on any atom is -0.462 e. The zero-order chi connectivity index (χ0) is 17.7. The molecule has 0 bridgehead atoms. The largest absolute Gasteiger partial charge is 0.462 e. The minimum atomic E-state index is -0.477. The summed E-state index contributed by atoms with van der Waals surface area (Å²) in [4.78, 5) is 20.0. The second kappa shape index (κ2) is 6.27. The predicted molar refractivity (Wildman–Crippen MR) is 107 cm³/mol. The third-order valence-electron chi connectivity index (χ3n) is 4.06. The lowest BCUT2D eigenvalue weighted by molar-refractivity contribution is 0.0526. The van der Waals surface area contributed by atoms with Crippen molar-refractivity contribution in [2.75, 3.05) is 6.61 Å². The van der Waals surface area contributed by atoms with E-state index in [1.165, 1.54) is 6.20 Å². The topological polar surface area (TPSA) is 55.0 Å². The number of esters is 1. The summed E-state index contributed by atoms with van der Waals surface area (Å²) in [6, 6.07) is 8.04. The third-order valence-corrected chi connectivity index (χ3v) is 5.57. The Kier molecular flexibility index (Phi) is 4.22. The summed E-state index contributed by atoms with van der Waals surface area (Å²) in [6.07, 6.45) is 1.47. The molecule has 0 aliphatic heterocycles. The van der Waals surface area contributed by atoms with Gasteiger partial charge in [0.25, 0.3) is 0 Å². The first kappa shape index (κ1) is 16.8. The van der Waals surface area contributed by atoms with Crippen molar-refractivity contribution in [3.63, 3.8) is 0 Å². The molecule has 4 rings (SSSR count). The standard InChI is InChI=1S/C18H11Br2ClN2O2/c1-2-25-18(24)11-7-22-17-14(15(11)21)12(20)6-10-9-5-8(19)3-4-13(9)23-16(10)17/h3-7,23H,2H2,1H3. The fraction of sp³-hybridized carbons (Fsp3) is 0.111. The highest BCUT2D eigenvalue weighted by molar-refractivity contribution is 9.11. The van der Waals surface area contributed by atoms with Gasteiger partial charge in [-0.25, -0.2) is 4.79 Å². The summed E-state index contributed by atoms with van der Waals surface area (Å²) < 4.78 is 6.83.